The fraction of sp³-hybridized carbons (Fsp3) is 0.192. The highest BCUT2D eigenvalue weighted by Gasteiger charge is 2.23. The Morgan fingerprint density at radius 2 is 1.56 bits per heavy atom. The van der Waals surface area contributed by atoms with E-state index in [1.54, 1.807) is 6.20 Å². The molecule has 0 fully saturated rings. The Labute approximate surface area is 188 Å². The van der Waals surface area contributed by atoms with Crippen LogP contribution in [0, 0.1) is 0 Å². The number of alkyl carbamates (subject to hydrolysis) is 1. The molecule has 2 atom stereocenters. The van der Waals surface area contributed by atoms with Gasteiger partial charge in [-0.05, 0) is 36.3 Å². The lowest BCUT2D eigenvalue weighted by Crippen LogP contribution is -2.50. The van der Waals surface area contributed by atoms with Crippen LogP contribution in [0.15, 0.2) is 91.1 Å². The standard InChI is InChI=1S/C26H27N3O3/c1-20(15-16-23-14-8-9-17-27-23)28-25(30)24(18-21-10-4-2-5-11-21)29-26(31)32-19-22-12-6-3-7-13-22/h2-17,20,24H,18-19H2,1H3,(H,28,30)(H,29,31)/b16-15+/t20-,24-/m0/s1. The molecule has 2 aromatic carbocycles. The third-order valence-corrected chi connectivity index (χ3v) is 4.72. The predicted octanol–water partition coefficient (Wildman–Crippen LogP) is 4.14. The van der Waals surface area contributed by atoms with Gasteiger partial charge in [-0.1, -0.05) is 72.8 Å². The van der Waals surface area contributed by atoms with Gasteiger partial charge in [-0.15, -0.1) is 0 Å². The van der Waals surface area contributed by atoms with Gasteiger partial charge in [-0.25, -0.2) is 4.79 Å². The zero-order valence-electron chi connectivity index (χ0n) is 18.0. The van der Waals surface area contributed by atoms with Crippen molar-refractivity contribution in [3.05, 3.63) is 108 Å². The third kappa shape index (κ3) is 7.72. The van der Waals surface area contributed by atoms with E-state index in [2.05, 4.69) is 15.6 Å². The molecule has 3 rings (SSSR count). The van der Waals surface area contributed by atoms with E-state index >= 15 is 0 Å². The molecule has 6 heteroatoms. The van der Waals surface area contributed by atoms with Gasteiger partial charge in [0.15, 0.2) is 0 Å². The molecule has 1 heterocycles. The summed E-state index contributed by atoms with van der Waals surface area (Å²) in [5.74, 6) is -0.288. The first-order valence-corrected chi connectivity index (χ1v) is 10.5. The third-order valence-electron chi connectivity index (χ3n) is 4.72. The second-order valence-electron chi connectivity index (χ2n) is 7.36. The Bertz CT molecular complexity index is 1010. The Kier molecular flexibility index (Phi) is 8.57. The van der Waals surface area contributed by atoms with Crippen LogP contribution >= 0.6 is 0 Å². The number of nitrogens with zero attached hydrogens (tertiary/aromatic N) is 1. The molecule has 0 unspecified atom stereocenters. The van der Waals surface area contributed by atoms with Crippen molar-refractivity contribution in [2.75, 3.05) is 0 Å². The minimum Gasteiger partial charge on any atom is -0.445 e. The highest BCUT2D eigenvalue weighted by molar-refractivity contribution is 5.86. The van der Waals surface area contributed by atoms with Crippen molar-refractivity contribution in [3.63, 3.8) is 0 Å². The highest BCUT2D eigenvalue weighted by Crippen LogP contribution is 2.06. The number of rotatable bonds is 9. The summed E-state index contributed by atoms with van der Waals surface area (Å²) in [5, 5.41) is 5.63. The van der Waals surface area contributed by atoms with Crippen molar-refractivity contribution in [3.8, 4) is 0 Å². The summed E-state index contributed by atoms with van der Waals surface area (Å²) in [4.78, 5) is 29.6. The zero-order valence-corrected chi connectivity index (χ0v) is 18.0. The van der Waals surface area contributed by atoms with Crippen LogP contribution in [-0.4, -0.2) is 29.1 Å². The Balaban J connectivity index is 1.61. The smallest absolute Gasteiger partial charge is 0.408 e. The van der Waals surface area contributed by atoms with Crippen LogP contribution in [0.1, 0.15) is 23.7 Å². The topological polar surface area (TPSA) is 80.3 Å². The predicted molar refractivity (Wildman–Crippen MR) is 125 cm³/mol. The molecule has 0 saturated carbocycles. The number of hydrogen-bond donors (Lipinski definition) is 2. The number of carbonyl (C=O) groups is 2. The van der Waals surface area contributed by atoms with Gasteiger partial charge in [0.25, 0.3) is 0 Å². The molecule has 0 radical (unpaired) electrons. The van der Waals surface area contributed by atoms with Crippen molar-refractivity contribution in [1.82, 2.24) is 15.6 Å². The minimum atomic E-state index is -0.772. The molecule has 0 aliphatic carbocycles. The van der Waals surface area contributed by atoms with Gasteiger partial charge in [0.2, 0.25) is 5.91 Å². The van der Waals surface area contributed by atoms with Gasteiger partial charge in [0.1, 0.15) is 12.6 Å². The summed E-state index contributed by atoms with van der Waals surface area (Å²) in [6, 6.07) is 23.5. The molecule has 0 aliphatic heterocycles. The minimum absolute atomic E-state index is 0.134. The Morgan fingerprint density at radius 3 is 2.22 bits per heavy atom. The van der Waals surface area contributed by atoms with Gasteiger partial charge in [-0.3, -0.25) is 9.78 Å². The molecule has 0 aliphatic rings. The fourth-order valence-corrected chi connectivity index (χ4v) is 3.06. The average molecular weight is 430 g/mol. The van der Waals surface area contributed by atoms with E-state index < -0.39 is 12.1 Å². The van der Waals surface area contributed by atoms with Crippen molar-refractivity contribution >= 4 is 18.1 Å². The molecule has 1 aromatic heterocycles. The van der Waals surface area contributed by atoms with Crippen LogP contribution in [0.25, 0.3) is 6.08 Å². The largest absolute Gasteiger partial charge is 0.445 e. The number of benzene rings is 2. The Morgan fingerprint density at radius 1 is 0.906 bits per heavy atom. The molecule has 0 bridgehead atoms. The summed E-state index contributed by atoms with van der Waals surface area (Å²) in [7, 11) is 0. The summed E-state index contributed by atoms with van der Waals surface area (Å²) >= 11 is 0. The number of nitrogens with one attached hydrogen (secondary N) is 2. The van der Waals surface area contributed by atoms with Crippen molar-refractivity contribution in [2.45, 2.75) is 32.0 Å². The SMILES string of the molecule is C[C@@H](/C=C/c1ccccn1)NC(=O)[C@H](Cc1ccccc1)NC(=O)OCc1ccccc1. The molecule has 164 valence electrons. The summed E-state index contributed by atoms with van der Waals surface area (Å²) in [5.41, 5.74) is 2.62. The van der Waals surface area contributed by atoms with E-state index in [0.29, 0.717) is 6.42 Å². The van der Waals surface area contributed by atoms with Crippen LogP contribution in [-0.2, 0) is 22.6 Å². The van der Waals surface area contributed by atoms with E-state index in [1.165, 1.54) is 0 Å². The van der Waals surface area contributed by atoms with Gasteiger partial charge in [0.05, 0.1) is 5.69 Å². The first-order chi connectivity index (χ1) is 15.6. The average Bonchev–Trinajstić information content (AvgIpc) is 2.83. The van der Waals surface area contributed by atoms with E-state index in [9.17, 15) is 9.59 Å². The molecule has 2 N–H and O–H groups in total. The van der Waals surface area contributed by atoms with Crippen molar-refractivity contribution in [1.29, 1.82) is 0 Å². The molecule has 2 amide bonds. The fourth-order valence-electron chi connectivity index (χ4n) is 3.06. The van der Waals surface area contributed by atoms with Crippen molar-refractivity contribution < 1.29 is 14.3 Å². The normalized spacial score (nSPS) is 12.7. The number of hydrogen-bond acceptors (Lipinski definition) is 4. The van der Waals surface area contributed by atoms with Crippen LogP contribution in [0.3, 0.4) is 0 Å². The molecule has 6 nitrogen and oxygen atoms in total. The van der Waals surface area contributed by atoms with Gasteiger partial charge < -0.3 is 15.4 Å². The maximum Gasteiger partial charge on any atom is 0.408 e. The number of pyridine rings is 1. The van der Waals surface area contributed by atoms with Crippen molar-refractivity contribution in [2.24, 2.45) is 0 Å². The number of ether oxygens (including phenoxy) is 1. The lowest BCUT2D eigenvalue weighted by Gasteiger charge is -2.20. The maximum atomic E-state index is 12.9. The molecular weight excluding hydrogens is 402 g/mol. The zero-order chi connectivity index (χ0) is 22.6. The number of aromatic nitrogens is 1. The van der Waals surface area contributed by atoms with Crippen LogP contribution in [0.4, 0.5) is 4.79 Å². The molecule has 3 aromatic rings. The first kappa shape index (κ1) is 22.7. The second-order valence-corrected chi connectivity index (χ2v) is 7.36. The van der Waals surface area contributed by atoms with Gasteiger partial charge in [0, 0.05) is 18.7 Å². The molecule has 32 heavy (non-hydrogen) atoms. The lowest BCUT2D eigenvalue weighted by molar-refractivity contribution is -0.123. The van der Waals surface area contributed by atoms with Crippen LogP contribution < -0.4 is 10.6 Å². The van der Waals surface area contributed by atoms with E-state index in [-0.39, 0.29) is 18.6 Å². The van der Waals surface area contributed by atoms with Gasteiger partial charge in [-0.2, -0.15) is 0 Å². The second kappa shape index (κ2) is 12.1. The lowest BCUT2D eigenvalue weighted by atomic mass is 10.1. The number of amides is 2. The van der Waals surface area contributed by atoms with Crippen LogP contribution in [0.5, 0.6) is 0 Å². The molecule has 0 spiro atoms. The Hall–Kier alpha value is -3.93. The quantitative estimate of drug-likeness (QED) is 0.536. The molecular formula is C26H27N3O3. The van der Waals surface area contributed by atoms with E-state index in [1.807, 2.05) is 97.9 Å². The van der Waals surface area contributed by atoms with Gasteiger partial charge >= 0.3 is 6.09 Å². The summed E-state index contributed by atoms with van der Waals surface area (Å²) in [6.07, 6.45) is 5.13. The number of carbonyl (C=O) groups excluding carboxylic acids is 2. The van der Waals surface area contributed by atoms with E-state index in [4.69, 9.17) is 4.74 Å². The molecule has 0 saturated heterocycles. The first-order valence-electron chi connectivity index (χ1n) is 10.5. The van der Waals surface area contributed by atoms with E-state index in [0.717, 1.165) is 16.8 Å². The van der Waals surface area contributed by atoms with Crippen LogP contribution in [0.2, 0.25) is 0 Å². The summed E-state index contributed by atoms with van der Waals surface area (Å²) < 4.78 is 5.30. The monoisotopic (exact) mass is 429 g/mol. The summed E-state index contributed by atoms with van der Waals surface area (Å²) in [6.45, 7) is 2.00. The maximum absolute atomic E-state index is 12.9. The highest BCUT2D eigenvalue weighted by atomic mass is 16.5.